The van der Waals surface area contributed by atoms with Crippen LogP contribution in [0.2, 0.25) is 5.02 Å². The molecule has 3 aromatic rings. The maximum atomic E-state index is 14.7. The normalized spacial score (nSPS) is 27.6. The van der Waals surface area contributed by atoms with Gasteiger partial charge in [-0.2, -0.15) is 0 Å². The molecule has 3 aliphatic rings. The highest BCUT2D eigenvalue weighted by molar-refractivity contribution is 8.25. The Kier molecular flexibility index (Phi) is 5.50. The van der Waals surface area contributed by atoms with E-state index in [2.05, 4.69) is 4.98 Å². The van der Waals surface area contributed by atoms with Crippen molar-refractivity contribution in [2.45, 2.75) is 22.7 Å². The van der Waals surface area contributed by atoms with Gasteiger partial charge in [0.2, 0.25) is 5.91 Å². The van der Waals surface area contributed by atoms with Gasteiger partial charge in [0.05, 0.1) is 6.54 Å². The van der Waals surface area contributed by atoms with E-state index >= 15 is 0 Å². The van der Waals surface area contributed by atoms with E-state index in [9.17, 15) is 9.59 Å². The average molecular weight is 535 g/mol. The number of thioether (sulfide) groups is 1. The van der Waals surface area contributed by atoms with Crippen LogP contribution in [0, 0.1) is 0 Å². The highest BCUT2D eigenvalue weighted by Crippen LogP contribution is 2.66. The number of amides is 2. The second kappa shape index (κ2) is 8.38. The van der Waals surface area contributed by atoms with Crippen LogP contribution < -0.4 is 4.90 Å². The number of halogens is 1. The molecule has 0 N–H and O–H groups in total. The quantitative estimate of drug-likeness (QED) is 0.463. The van der Waals surface area contributed by atoms with Gasteiger partial charge in [0.25, 0.3) is 5.91 Å². The van der Waals surface area contributed by atoms with Crippen molar-refractivity contribution < 1.29 is 9.59 Å². The molecule has 2 fully saturated rings. The van der Waals surface area contributed by atoms with Crippen LogP contribution in [0.3, 0.4) is 0 Å². The zero-order valence-electron chi connectivity index (χ0n) is 19.7. The van der Waals surface area contributed by atoms with E-state index in [-0.39, 0.29) is 17.7 Å². The van der Waals surface area contributed by atoms with Gasteiger partial charge in [0.1, 0.15) is 9.07 Å². The molecule has 2 aromatic carbocycles. The van der Waals surface area contributed by atoms with Crippen LogP contribution in [-0.2, 0) is 21.7 Å². The van der Waals surface area contributed by atoms with Crippen molar-refractivity contribution in [1.29, 1.82) is 0 Å². The van der Waals surface area contributed by atoms with Crippen molar-refractivity contribution in [3.8, 4) is 0 Å². The maximum absolute atomic E-state index is 14.7. The Morgan fingerprint density at radius 1 is 1.08 bits per heavy atom. The van der Waals surface area contributed by atoms with Gasteiger partial charge in [-0.05, 0) is 42.4 Å². The molecular weight excluding hydrogens is 512 g/mol. The van der Waals surface area contributed by atoms with Crippen molar-refractivity contribution in [3.63, 3.8) is 0 Å². The number of anilines is 1. The summed E-state index contributed by atoms with van der Waals surface area (Å²) in [4.78, 5) is 38.8. The van der Waals surface area contributed by atoms with Gasteiger partial charge in [-0.25, -0.2) is 0 Å². The van der Waals surface area contributed by atoms with Gasteiger partial charge in [-0.1, -0.05) is 72.0 Å². The molecule has 2 amide bonds. The smallest absolute Gasteiger partial charge is 0.254 e. The van der Waals surface area contributed by atoms with Gasteiger partial charge in [-0.3, -0.25) is 24.4 Å². The van der Waals surface area contributed by atoms with E-state index in [1.54, 1.807) is 35.3 Å². The van der Waals surface area contributed by atoms with Crippen molar-refractivity contribution in [3.05, 3.63) is 94.8 Å². The molecule has 0 unspecified atom stereocenters. The van der Waals surface area contributed by atoms with Crippen LogP contribution in [-0.4, -0.2) is 56.3 Å². The van der Waals surface area contributed by atoms with Crippen molar-refractivity contribution >= 4 is 57.4 Å². The number of aromatic nitrogens is 1. The lowest BCUT2D eigenvalue weighted by molar-refractivity contribution is -0.139. The fraction of sp³-hybridized carbons (Fsp3) is 0.259. The minimum atomic E-state index is -1.28. The van der Waals surface area contributed by atoms with Gasteiger partial charge in [0.15, 0.2) is 5.54 Å². The SMILES string of the molecule is CN1C(=O)[C@@]2(c3cc(Cl)ccc31)N(C)C[C@H](c1cccnc1)[C@@]21SC(=S)N(Cc2ccccc2)C1=O. The van der Waals surface area contributed by atoms with E-state index in [0.717, 1.165) is 22.4 Å². The largest absolute Gasteiger partial charge is 0.313 e. The molecular formula is C27H23ClN4O2S2. The number of fused-ring (bicyclic) bond motifs is 3. The molecule has 0 aliphatic carbocycles. The molecule has 3 aliphatic heterocycles. The molecule has 0 radical (unpaired) electrons. The third-order valence-electron chi connectivity index (χ3n) is 7.68. The minimum absolute atomic E-state index is 0.154. The first-order valence-electron chi connectivity index (χ1n) is 11.6. The van der Waals surface area contributed by atoms with Gasteiger partial charge in [-0.15, -0.1) is 0 Å². The first-order chi connectivity index (χ1) is 17.3. The van der Waals surface area contributed by atoms with E-state index < -0.39 is 10.3 Å². The first-order valence-corrected chi connectivity index (χ1v) is 13.2. The standard InChI is InChI=1S/C27H23ClN4O2S2/c1-30-16-21(18-9-6-12-29-14-18)27(24(34)32(25(35)36-27)15-17-7-4-3-5-8-17)26(30)20-13-19(28)10-11-22(20)31(2)23(26)33/h3-14,21H,15-16H2,1-2H3/t21-,26-,27+/m1/s1. The third kappa shape index (κ3) is 2.96. The zero-order valence-corrected chi connectivity index (χ0v) is 22.1. The van der Waals surface area contributed by atoms with Crippen LogP contribution >= 0.6 is 35.6 Å². The Balaban J connectivity index is 1.60. The fourth-order valence-electron chi connectivity index (χ4n) is 6.15. The number of carbonyl (C=O) groups excluding carboxylic acids is 2. The lowest BCUT2D eigenvalue weighted by atomic mass is 9.72. The number of benzene rings is 2. The highest BCUT2D eigenvalue weighted by Gasteiger charge is 2.78. The molecule has 2 saturated heterocycles. The van der Waals surface area contributed by atoms with Gasteiger partial charge in [0, 0.05) is 48.2 Å². The lowest BCUT2D eigenvalue weighted by Crippen LogP contribution is -2.62. The number of pyridine rings is 1. The number of thiocarbonyl (C=S) groups is 1. The predicted octanol–water partition coefficient (Wildman–Crippen LogP) is 4.44. The monoisotopic (exact) mass is 534 g/mol. The Morgan fingerprint density at radius 3 is 2.58 bits per heavy atom. The molecule has 1 aromatic heterocycles. The number of likely N-dealkylation sites (tertiary alicyclic amines) is 1. The summed E-state index contributed by atoms with van der Waals surface area (Å²) in [5.41, 5.74) is 2.09. The number of rotatable bonds is 3. The summed E-state index contributed by atoms with van der Waals surface area (Å²) in [6.07, 6.45) is 3.50. The van der Waals surface area contributed by atoms with Crippen molar-refractivity contribution in [1.82, 2.24) is 14.8 Å². The summed E-state index contributed by atoms with van der Waals surface area (Å²) in [6, 6.07) is 19.1. The molecule has 36 heavy (non-hydrogen) atoms. The molecule has 4 heterocycles. The first kappa shape index (κ1) is 23.6. The number of nitrogens with zero attached hydrogens (tertiary/aromatic N) is 4. The topological polar surface area (TPSA) is 56.8 Å². The lowest BCUT2D eigenvalue weighted by Gasteiger charge is -2.42. The number of hydrogen-bond acceptors (Lipinski definition) is 6. The Morgan fingerprint density at radius 2 is 1.86 bits per heavy atom. The highest BCUT2D eigenvalue weighted by atomic mass is 35.5. The minimum Gasteiger partial charge on any atom is -0.313 e. The van der Waals surface area contributed by atoms with Crippen LogP contribution in [0.5, 0.6) is 0 Å². The molecule has 3 atom stereocenters. The summed E-state index contributed by atoms with van der Waals surface area (Å²) in [6.45, 7) is 0.830. The van der Waals surface area contributed by atoms with Crippen LogP contribution in [0.4, 0.5) is 5.69 Å². The Labute approximate surface area is 224 Å². The summed E-state index contributed by atoms with van der Waals surface area (Å²) in [5.74, 6) is -0.636. The Hall–Kier alpha value is -2.78. The second-order valence-corrected chi connectivity index (χ2v) is 11.8. The molecule has 0 bridgehead atoms. The zero-order chi connectivity index (χ0) is 25.2. The summed E-state index contributed by atoms with van der Waals surface area (Å²) in [7, 11) is 3.67. The molecule has 9 heteroatoms. The molecule has 182 valence electrons. The van der Waals surface area contributed by atoms with E-state index in [1.807, 2.05) is 66.5 Å². The number of carbonyl (C=O) groups is 2. The van der Waals surface area contributed by atoms with Crippen LogP contribution in [0.1, 0.15) is 22.6 Å². The van der Waals surface area contributed by atoms with Gasteiger partial charge >= 0.3 is 0 Å². The van der Waals surface area contributed by atoms with Gasteiger partial charge < -0.3 is 4.90 Å². The van der Waals surface area contributed by atoms with Crippen LogP contribution in [0.25, 0.3) is 0 Å². The Bertz CT molecular complexity index is 1410. The van der Waals surface area contributed by atoms with E-state index in [1.165, 1.54) is 11.8 Å². The predicted molar refractivity (Wildman–Crippen MR) is 146 cm³/mol. The second-order valence-electron chi connectivity index (χ2n) is 9.44. The molecule has 6 rings (SSSR count). The third-order valence-corrected chi connectivity index (χ3v) is 9.86. The van der Waals surface area contributed by atoms with E-state index in [4.69, 9.17) is 23.8 Å². The average Bonchev–Trinajstić information content (AvgIpc) is 3.38. The van der Waals surface area contributed by atoms with Crippen molar-refractivity contribution in [2.75, 3.05) is 25.5 Å². The molecule has 0 saturated carbocycles. The fourth-order valence-corrected chi connectivity index (χ4v) is 8.45. The van der Waals surface area contributed by atoms with E-state index in [0.29, 0.717) is 22.4 Å². The maximum Gasteiger partial charge on any atom is 0.254 e. The molecule has 2 spiro atoms. The summed E-state index contributed by atoms with van der Waals surface area (Å²) in [5, 5.41) is 0.517. The summed E-state index contributed by atoms with van der Waals surface area (Å²) >= 11 is 13.7. The summed E-state index contributed by atoms with van der Waals surface area (Å²) < 4.78 is -0.754. The van der Waals surface area contributed by atoms with Crippen LogP contribution in [0.15, 0.2) is 73.1 Å². The van der Waals surface area contributed by atoms with Crippen molar-refractivity contribution in [2.24, 2.45) is 0 Å². The molecule has 6 nitrogen and oxygen atoms in total. The number of hydrogen-bond donors (Lipinski definition) is 0. The number of likely N-dealkylation sites (N-methyl/N-ethyl adjacent to an activating group) is 2.